The fourth-order valence-electron chi connectivity index (χ4n) is 3.24. The van der Waals surface area contributed by atoms with E-state index in [1.54, 1.807) is 4.90 Å². The van der Waals surface area contributed by atoms with E-state index in [2.05, 4.69) is 9.55 Å². The first-order chi connectivity index (χ1) is 11.4. The van der Waals surface area contributed by atoms with Crippen LogP contribution in [0.25, 0.3) is 0 Å². The molecule has 1 fully saturated rings. The molecule has 8 heteroatoms. The van der Waals surface area contributed by atoms with Gasteiger partial charge in [-0.1, -0.05) is 0 Å². The number of amides is 1. The molecule has 0 N–H and O–H groups in total. The molecule has 0 aromatic carbocycles. The number of aromatic nitrogens is 2. The number of sulfone groups is 1. The lowest BCUT2D eigenvalue weighted by atomic mass is 9.98. The van der Waals surface area contributed by atoms with Crippen LogP contribution in [0.3, 0.4) is 0 Å². The molecule has 2 heterocycles. The molecule has 1 amide bonds. The highest BCUT2D eigenvalue weighted by molar-refractivity contribution is 7.91. The van der Waals surface area contributed by atoms with Crippen LogP contribution in [0, 0.1) is 5.92 Å². The topological polar surface area (TPSA) is 81.5 Å². The van der Waals surface area contributed by atoms with Gasteiger partial charge in [0, 0.05) is 37.6 Å². The van der Waals surface area contributed by atoms with Crippen molar-refractivity contribution in [1.29, 1.82) is 0 Å². The monoisotopic (exact) mass is 355 g/mol. The lowest BCUT2D eigenvalue weighted by Crippen LogP contribution is -2.42. The number of imidazole rings is 1. The molecule has 1 aromatic rings. The molecule has 0 saturated heterocycles. The number of nitrogens with zero attached hydrogens (tertiary/aromatic N) is 3. The van der Waals surface area contributed by atoms with E-state index in [4.69, 9.17) is 4.74 Å². The summed E-state index contributed by atoms with van der Waals surface area (Å²) in [6.45, 7) is 4.91. The van der Waals surface area contributed by atoms with E-state index in [0.717, 1.165) is 30.1 Å². The molecular formula is C16H25N3O4S. The fraction of sp³-hybridized carbons (Fsp3) is 0.750. The van der Waals surface area contributed by atoms with E-state index in [9.17, 15) is 13.2 Å². The summed E-state index contributed by atoms with van der Waals surface area (Å²) in [6, 6.07) is 0. The van der Waals surface area contributed by atoms with Gasteiger partial charge in [0.2, 0.25) is 5.91 Å². The Balaban J connectivity index is 1.80. The van der Waals surface area contributed by atoms with Crippen molar-refractivity contribution in [2.75, 3.05) is 31.8 Å². The normalized spacial score (nSPS) is 20.9. The molecule has 1 aliphatic heterocycles. The summed E-state index contributed by atoms with van der Waals surface area (Å²) >= 11 is 0. The van der Waals surface area contributed by atoms with Crippen LogP contribution in [0.4, 0.5) is 0 Å². The molecule has 134 valence electrons. The van der Waals surface area contributed by atoms with Gasteiger partial charge in [0.15, 0.2) is 9.84 Å². The maximum atomic E-state index is 12.3. The third-order valence-electron chi connectivity index (χ3n) is 4.54. The standard InChI is InChI=1S/C16H25N3O4S/c1-3-23-9-13-7-18(15(20)10-24(2,21)22)8-14-16(13)19(11-17-14)6-12-4-5-12/h11-13H,3-10H2,1-2H3. The summed E-state index contributed by atoms with van der Waals surface area (Å²) in [5.41, 5.74) is 2.02. The highest BCUT2D eigenvalue weighted by Gasteiger charge is 2.34. The first-order valence-corrected chi connectivity index (χ1v) is 10.5. The van der Waals surface area contributed by atoms with E-state index in [1.165, 1.54) is 12.8 Å². The van der Waals surface area contributed by atoms with Crippen LogP contribution in [-0.2, 0) is 32.5 Å². The third kappa shape index (κ3) is 4.16. The van der Waals surface area contributed by atoms with Gasteiger partial charge in [0.1, 0.15) is 5.75 Å². The van der Waals surface area contributed by atoms with E-state index in [1.807, 2.05) is 13.3 Å². The van der Waals surface area contributed by atoms with Crippen LogP contribution < -0.4 is 0 Å². The van der Waals surface area contributed by atoms with Crippen molar-refractivity contribution in [3.8, 4) is 0 Å². The van der Waals surface area contributed by atoms with Crippen molar-refractivity contribution in [1.82, 2.24) is 14.5 Å². The SMILES string of the molecule is CCOCC1CN(C(=O)CS(C)(=O)=O)Cc2ncn(CC3CC3)c21. The predicted octanol–water partition coefficient (Wildman–Crippen LogP) is 0.800. The minimum atomic E-state index is -3.33. The van der Waals surface area contributed by atoms with Gasteiger partial charge in [0.05, 0.1) is 25.2 Å². The number of ether oxygens (including phenoxy) is 1. The van der Waals surface area contributed by atoms with Crippen LogP contribution in [0.2, 0.25) is 0 Å². The Bertz CT molecular complexity index is 709. The van der Waals surface area contributed by atoms with Crippen molar-refractivity contribution < 1.29 is 17.9 Å². The zero-order valence-corrected chi connectivity index (χ0v) is 15.1. The minimum Gasteiger partial charge on any atom is -0.381 e. The molecule has 0 radical (unpaired) electrons. The van der Waals surface area contributed by atoms with E-state index >= 15 is 0 Å². The summed E-state index contributed by atoms with van der Waals surface area (Å²) in [5, 5.41) is 0. The maximum absolute atomic E-state index is 12.3. The second-order valence-corrected chi connectivity index (χ2v) is 9.01. The van der Waals surface area contributed by atoms with Crippen molar-refractivity contribution in [2.45, 2.75) is 38.8 Å². The van der Waals surface area contributed by atoms with E-state index < -0.39 is 15.6 Å². The molecule has 24 heavy (non-hydrogen) atoms. The predicted molar refractivity (Wildman–Crippen MR) is 89.3 cm³/mol. The zero-order chi connectivity index (χ0) is 17.3. The molecule has 2 aliphatic rings. The second-order valence-electron chi connectivity index (χ2n) is 6.87. The highest BCUT2D eigenvalue weighted by Crippen LogP contribution is 2.34. The van der Waals surface area contributed by atoms with Gasteiger partial charge in [-0.25, -0.2) is 13.4 Å². The van der Waals surface area contributed by atoms with Crippen LogP contribution in [-0.4, -0.2) is 60.5 Å². The smallest absolute Gasteiger partial charge is 0.238 e. The minimum absolute atomic E-state index is 0.0402. The summed E-state index contributed by atoms with van der Waals surface area (Å²) < 4.78 is 30.7. The van der Waals surface area contributed by atoms with Gasteiger partial charge < -0.3 is 14.2 Å². The van der Waals surface area contributed by atoms with Crippen LogP contribution >= 0.6 is 0 Å². The van der Waals surface area contributed by atoms with Gasteiger partial charge in [-0.15, -0.1) is 0 Å². The van der Waals surface area contributed by atoms with Crippen LogP contribution in [0.5, 0.6) is 0 Å². The highest BCUT2D eigenvalue weighted by atomic mass is 32.2. The summed E-state index contributed by atoms with van der Waals surface area (Å²) in [5.74, 6) is -0.0345. The first kappa shape index (κ1) is 17.4. The third-order valence-corrected chi connectivity index (χ3v) is 5.31. The summed E-state index contributed by atoms with van der Waals surface area (Å²) in [7, 11) is -3.33. The number of hydrogen-bond donors (Lipinski definition) is 0. The Kier molecular flexibility index (Phi) is 4.96. The zero-order valence-electron chi connectivity index (χ0n) is 14.3. The fourth-order valence-corrected chi connectivity index (χ4v) is 3.88. The van der Waals surface area contributed by atoms with Crippen molar-refractivity contribution in [3.63, 3.8) is 0 Å². The Morgan fingerprint density at radius 1 is 1.42 bits per heavy atom. The molecule has 1 saturated carbocycles. The maximum Gasteiger partial charge on any atom is 0.238 e. The quantitative estimate of drug-likeness (QED) is 0.723. The van der Waals surface area contributed by atoms with E-state index in [0.29, 0.717) is 26.3 Å². The lowest BCUT2D eigenvalue weighted by Gasteiger charge is -2.33. The first-order valence-electron chi connectivity index (χ1n) is 8.44. The molecule has 0 spiro atoms. The Labute approximate surface area is 142 Å². The molecule has 3 rings (SSSR count). The van der Waals surface area contributed by atoms with Gasteiger partial charge >= 0.3 is 0 Å². The van der Waals surface area contributed by atoms with Crippen molar-refractivity contribution >= 4 is 15.7 Å². The Morgan fingerprint density at radius 2 is 2.17 bits per heavy atom. The molecular weight excluding hydrogens is 330 g/mol. The van der Waals surface area contributed by atoms with Gasteiger partial charge in [-0.05, 0) is 25.7 Å². The van der Waals surface area contributed by atoms with Crippen molar-refractivity contribution in [3.05, 3.63) is 17.7 Å². The lowest BCUT2D eigenvalue weighted by molar-refractivity contribution is -0.130. The van der Waals surface area contributed by atoms with Crippen molar-refractivity contribution in [2.24, 2.45) is 5.92 Å². The summed E-state index contributed by atoms with van der Waals surface area (Å²) in [6.07, 6.45) is 5.47. The number of carbonyl (C=O) groups excluding carboxylic acids is 1. The molecule has 1 aliphatic carbocycles. The van der Waals surface area contributed by atoms with Gasteiger partial charge in [0.25, 0.3) is 0 Å². The van der Waals surface area contributed by atoms with Crippen LogP contribution in [0.15, 0.2) is 6.33 Å². The number of hydrogen-bond acceptors (Lipinski definition) is 5. The Morgan fingerprint density at radius 3 is 2.79 bits per heavy atom. The van der Waals surface area contributed by atoms with Crippen LogP contribution in [0.1, 0.15) is 37.1 Å². The number of rotatable bonds is 7. The van der Waals surface area contributed by atoms with E-state index in [-0.39, 0.29) is 11.8 Å². The number of carbonyl (C=O) groups is 1. The number of fused-ring (bicyclic) bond motifs is 1. The van der Waals surface area contributed by atoms with Gasteiger partial charge in [-0.3, -0.25) is 4.79 Å². The largest absolute Gasteiger partial charge is 0.381 e. The second kappa shape index (κ2) is 6.84. The molecule has 1 aromatic heterocycles. The molecule has 1 unspecified atom stereocenters. The summed E-state index contributed by atoms with van der Waals surface area (Å²) in [4.78, 5) is 18.4. The average Bonchev–Trinajstić information content (AvgIpc) is 3.22. The Hall–Kier alpha value is -1.41. The van der Waals surface area contributed by atoms with Gasteiger partial charge in [-0.2, -0.15) is 0 Å². The molecule has 7 nitrogen and oxygen atoms in total. The molecule has 0 bridgehead atoms. The average molecular weight is 355 g/mol. The molecule has 1 atom stereocenters.